The third-order valence-corrected chi connectivity index (χ3v) is 12.5. The van der Waals surface area contributed by atoms with E-state index in [1.807, 2.05) is 30.3 Å². The molecule has 0 aliphatic rings. The topological polar surface area (TPSA) is 3.24 Å². The van der Waals surface area contributed by atoms with Crippen LogP contribution in [0.25, 0.3) is 87.6 Å². The molecule has 5 heteroatoms. The average Bonchev–Trinajstić information content (AvgIpc) is 3.34. The molecule has 0 fully saturated rings. The van der Waals surface area contributed by atoms with E-state index in [0.717, 1.165) is 50.3 Å². The highest BCUT2D eigenvalue weighted by molar-refractivity contribution is 6.63. The normalized spacial score (nSPS) is 11.4. The van der Waals surface area contributed by atoms with Gasteiger partial charge in [-0.05, 0) is 130 Å². The van der Waals surface area contributed by atoms with E-state index < -0.39 is 0 Å². The molecule has 0 aliphatic carbocycles. The summed E-state index contributed by atoms with van der Waals surface area (Å²) in [6.45, 7) is 0. The second-order valence-corrected chi connectivity index (χ2v) is 16.1. The van der Waals surface area contributed by atoms with Crippen molar-refractivity contribution in [3.05, 3.63) is 212 Å². The minimum atomic E-state index is 0.338. The average molecular weight is 789 g/mol. The Morgan fingerprint density at radius 1 is 0.270 bits per heavy atom. The van der Waals surface area contributed by atoms with Gasteiger partial charge in [0, 0.05) is 17.1 Å². The fourth-order valence-electron chi connectivity index (χ4n) is 9.47. The molecule has 0 N–H and O–H groups in total. The fourth-order valence-corrected chi connectivity index (χ4v) is 9.47. The van der Waals surface area contributed by atoms with Crippen molar-refractivity contribution in [2.75, 3.05) is 4.90 Å². The lowest BCUT2D eigenvalue weighted by atomic mass is 9.64. The molecule has 0 bridgehead atoms. The molecular formula is C58H35B4N. The van der Waals surface area contributed by atoms with Crippen molar-refractivity contribution in [1.29, 1.82) is 0 Å². The van der Waals surface area contributed by atoms with Gasteiger partial charge in [0.1, 0.15) is 31.4 Å². The van der Waals surface area contributed by atoms with Gasteiger partial charge in [-0.15, -0.1) is 0 Å². The van der Waals surface area contributed by atoms with Gasteiger partial charge < -0.3 is 4.90 Å². The Balaban J connectivity index is 1.14. The maximum absolute atomic E-state index is 7.28. The monoisotopic (exact) mass is 789 g/mol. The first-order chi connectivity index (χ1) is 30.9. The molecule has 0 saturated heterocycles. The molecule has 0 unspecified atom stereocenters. The second kappa shape index (κ2) is 15.8. The van der Waals surface area contributed by atoms with Crippen LogP contribution < -0.4 is 26.8 Å². The molecule has 11 rings (SSSR count). The van der Waals surface area contributed by atoms with Crippen molar-refractivity contribution >= 4 is 113 Å². The molecule has 0 aliphatic heterocycles. The quantitative estimate of drug-likeness (QED) is 0.115. The van der Waals surface area contributed by atoms with Crippen LogP contribution in [0.3, 0.4) is 0 Å². The minimum absolute atomic E-state index is 0.338. The molecule has 11 aromatic carbocycles. The summed E-state index contributed by atoms with van der Waals surface area (Å²) in [7, 11) is 28.9. The predicted octanol–water partition coefficient (Wildman–Crippen LogP) is 11.6. The van der Waals surface area contributed by atoms with Crippen LogP contribution in [0.15, 0.2) is 212 Å². The van der Waals surface area contributed by atoms with Crippen LogP contribution in [0.5, 0.6) is 0 Å². The van der Waals surface area contributed by atoms with E-state index in [2.05, 4.69) is 187 Å². The van der Waals surface area contributed by atoms with Crippen molar-refractivity contribution in [2.45, 2.75) is 0 Å². The summed E-state index contributed by atoms with van der Waals surface area (Å²) in [5, 5.41) is 9.50. The second-order valence-electron chi connectivity index (χ2n) is 16.1. The van der Waals surface area contributed by atoms with Gasteiger partial charge >= 0.3 is 0 Å². The van der Waals surface area contributed by atoms with E-state index in [-0.39, 0.29) is 0 Å². The molecule has 0 amide bonds. The Hall–Kier alpha value is -7.48. The Kier molecular flexibility index (Phi) is 9.62. The standard InChI is InChI=1S/C58H35B4N/c59-54-53(42-22-12-19-37(31-42)36-15-2-1-3-16-36)55(60)57(62)58(56(54)61)63(43-23-13-20-38(32-43)51-34-40-17-4-6-25-45(40)47-27-8-10-29-49(47)51)44-24-14-21-39(33-44)52-35-41-18-5-7-26-46(41)48-28-9-11-30-50(48)52/h1-35H. The molecule has 8 radical (unpaired) electrons. The van der Waals surface area contributed by atoms with Crippen LogP contribution in [-0.4, -0.2) is 31.4 Å². The summed E-state index contributed by atoms with van der Waals surface area (Å²) in [6, 6.07) is 74.3. The lowest BCUT2D eigenvalue weighted by Gasteiger charge is -2.33. The van der Waals surface area contributed by atoms with E-state index >= 15 is 0 Å². The van der Waals surface area contributed by atoms with Crippen molar-refractivity contribution < 1.29 is 0 Å². The largest absolute Gasteiger partial charge is 0.312 e. The number of fused-ring (bicyclic) bond motifs is 6. The maximum atomic E-state index is 7.28. The molecule has 63 heavy (non-hydrogen) atoms. The molecule has 0 heterocycles. The van der Waals surface area contributed by atoms with Crippen LogP contribution in [0.4, 0.5) is 17.1 Å². The van der Waals surface area contributed by atoms with Crippen LogP contribution >= 0.6 is 0 Å². The lowest BCUT2D eigenvalue weighted by Crippen LogP contribution is -2.46. The Labute approximate surface area is 373 Å². The highest BCUT2D eigenvalue weighted by atomic mass is 15.1. The third kappa shape index (κ3) is 6.64. The third-order valence-electron chi connectivity index (χ3n) is 12.5. The zero-order valence-corrected chi connectivity index (χ0v) is 34.5. The summed E-state index contributed by atoms with van der Waals surface area (Å²) in [4.78, 5) is 2.11. The summed E-state index contributed by atoms with van der Waals surface area (Å²) < 4.78 is 0. The highest BCUT2D eigenvalue weighted by Crippen LogP contribution is 2.42. The van der Waals surface area contributed by atoms with E-state index in [1.165, 1.54) is 43.1 Å². The molecule has 1 nitrogen and oxygen atoms in total. The number of hydrogen-bond acceptors (Lipinski definition) is 1. The smallest absolute Gasteiger partial charge is 0.115 e. The van der Waals surface area contributed by atoms with Crippen LogP contribution in [-0.2, 0) is 0 Å². The number of rotatable bonds is 7. The molecule has 0 aromatic heterocycles. The number of anilines is 3. The summed E-state index contributed by atoms with van der Waals surface area (Å²) in [5.74, 6) is 0. The van der Waals surface area contributed by atoms with E-state index in [1.54, 1.807) is 0 Å². The minimum Gasteiger partial charge on any atom is -0.312 e. The Morgan fingerprint density at radius 3 is 1.19 bits per heavy atom. The van der Waals surface area contributed by atoms with Crippen molar-refractivity contribution in [3.8, 4) is 44.5 Å². The van der Waals surface area contributed by atoms with Gasteiger partial charge in [0.25, 0.3) is 0 Å². The lowest BCUT2D eigenvalue weighted by molar-refractivity contribution is 1.31. The van der Waals surface area contributed by atoms with Crippen LogP contribution in [0, 0.1) is 0 Å². The molecule has 0 spiro atoms. The maximum Gasteiger partial charge on any atom is 0.115 e. The van der Waals surface area contributed by atoms with Crippen molar-refractivity contribution in [3.63, 3.8) is 0 Å². The van der Waals surface area contributed by atoms with Gasteiger partial charge in [-0.2, -0.15) is 0 Å². The van der Waals surface area contributed by atoms with Gasteiger partial charge in [-0.3, -0.25) is 0 Å². The number of nitrogens with zero attached hydrogens (tertiary/aromatic N) is 1. The molecule has 284 valence electrons. The Morgan fingerprint density at radius 2 is 0.667 bits per heavy atom. The van der Waals surface area contributed by atoms with Crippen molar-refractivity contribution in [1.82, 2.24) is 0 Å². The van der Waals surface area contributed by atoms with Gasteiger partial charge in [0.15, 0.2) is 0 Å². The molecule has 0 atom stereocenters. The molecule has 0 saturated carbocycles. The van der Waals surface area contributed by atoms with Crippen molar-refractivity contribution in [2.24, 2.45) is 0 Å². The van der Waals surface area contributed by atoms with Gasteiger partial charge in [-0.25, -0.2) is 0 Å². The summed E-state index contributed by atoms with van der Waals surface area (Å²) >= 11 is 0. The van der Waals surface area contributed by atoms with E-state index in [4.69, 9.17) is 31.4 Å². The summed E-state index contributed by atoms with van der Waals surface area (Å²) in [5.41, 5.74) is 11.5. The predicted molar refractivity (Wildman–Crippen MR) is 274 cm³/mol. The van der Waals surface area contributed by atoms with Gasteiger partial charge in [-0.1, -0.05) is 192 Å². The van der Waals surface area contributed by atoms with E-state index in [0.29, 0.717) is 33.1 Å². The molecular weight excluding hydrogens is 754 g/mol. The molecule has 11 aromatic rings. The number of benzene rings is 11. The van der Waals surface area contributed by atoms with Crippen LogP contribution in [0.1, 0.15) is 0 Å². The van der Waals surface area contributed by atoms with E-state index in [9.17, 15) is 0 Å². The first kappa shape index (κ1) is 38.4. The highest BCUT2D eigenvalue weighted by Gasteiger charge is 2.23. The Bertz CT molecular complexity index is 3390. The summed E-state index contributed by atoms with van der Waals surface area (Å²) in [6.07, 6.45) is 0. The zero-order valence-electron chi connectivity index (χ0n) is 34.5. The first-order valence-electron chi connectivity index (χ1n) is 21.2. The fraction of sp³-hybridized carbons (Fsp3) is 0. The van der Waals surface area contributed by atoms with Gasteiger partial charge in [0.05, 0.1) is 0 Å². The van der Waals surface area contributed by atoms with Gasteiger partial charge in [0.2, 0.25) is 0 Å². The SMILES string of the molecule is [B]c1c([B])c(N(c2cccc(-c3cc4ccccc4c4ccccc34)c2)c2cccc(-c3cc4ccccc4c4ccccc34)c2)c([B])c([B])c1-c1cccc(-c2ccccc2)c1. The van der Waals surface area contributed by atoms with Crippen LogP contribution in [0.2, 0.25) is 0 Å². The first-order valence-corrected chi connectivity index (χ1v) is 21.2. The number of hydrogen-bond donors (Lipinski definition) is 0. The zero-order chi connectivity index (χ0) is 42.6.